The molecule has 1 aromatic heterocycles. The number of amides is 1. The molecule has 1 aromatic carbocycles. The average molecular weight is 286 g/mol. The van der Waals surface area contributed by atoms with Gasteiger partial charge in [-0.2, -0.15) is 5.10 Å². The van der Waals surface area contributed by atoms with Crippen LogP contribution in [0.2, 0.25) is 0 Å². The van der Waals surface area contributed by atoms with Crippen molar-refractivity contribution >= 4 is 5.91 Å². The molecule has 0 aliphatic carbocycles. The Kier molecular flexibility index (Phi) is 3.85. The van der Waals surface area contributed by atoms with Gasteiger partial charge in [-0.15, -0.1) is 0 Å². The van der Waals surface area contributed by atoms with E-state index in [-0.39, 0.29) is 18.1 Å². The van der Waals surface area contributed by atoms with Crippen LogP contribution in [-0.2, 0) is 30.8 Å². The van der Waals surface area contributed by atoms with Gasteiger partial charge in [0.05, 0.1) is 0 Å². The lowest BCUT2D eigenvalue weighted by atomic mass is 10.2. The second-order valence-electron chi connectivity index (χ2n) is 5.23. The van der Waals surface area contributed by atoms with Crippen LogP contribution in [0.3, 0.4) is 0 Å². The first kappa shape index (κ1) is 13.6. The second kappa shape index (κ2) is 5.95. The van der Waals surface area contributed by atoms with Crippen molar-refractivity contribution in [2.24, 2.45) is 0 Å². The average Bonchev–Trinajstić information content (AvgIpc) is 2.83. The third kappa shape index (κ3) is 3.04. The van der Waals surface area contributed by atoms with Gasteiger partial charge < -0.3 is 5.32 Å². The Balaban J connectivity index is 1.63. The van der Waals surface area contributed by atoms with Gasteiger partial charge in [0.2, 0.25) is 5.91 Å². The third-order valence-corrected chi connectivity index (χ3v) is 3.66. The zero-order valence-electron chi connectivity index (χ0n) is 11.8. The number of benzene rings is 1. The Labute approximate surface area is 122 Å². The van der Waals surface area contributed by atoms with E-state index < -0.39 is 0 Å². The highest BCUT2D eigenvalue weighted by atomic mass is 16.2. The van der Waals surface area contributed by atoms with Crippen LogP contribution in [0.4, 0.5) is 0 Å². The quantitative estimate of drug-likeness (QED) is 0.899. The van der Waals surface area contributed by atoms with Crippen LogP contribution in [0, 0.1) is 0 Å². The van der Waals surface area contributed by atoms with Gasteiger partial charge in [0.25, 0.3) is 0 Å². The van der Waals surface area contributed by atoms with Crippen LogP contribution in [0.15, 0.2) is 35.1 Å². The molecule has 0 atom stereocenters. The molecule has 0 unspecified atom stereocenters. The summed E-state index contributed by atoms with van der Waals surface area (Å²) in [6.07, 6.45) is 2.86. The normalized spacial score (nSPS) is 13.7. The van der Waals surface area contributed by atoms with Crippen molar-refractivity contribution in [3.8, 4) is 0 Å². The van der Waals surface area contributed by atoms with E-state index in [0.29, 0.717) is 13.1 Å². The highest BCUT2D eigenvalue weighted by Gasteiger charge is 2.17. The number of rotatable bonds is 4. The highest BCUT2D eigenvalue weighted by Crippen LogP contribution is 2.09. The molecule has 0 saturated carbocycles. The lowest BCUT2D eigenvalue weighted by Crippen LogP contribution is -2.33. The maximum atomic E-state index is 12.1. The molecule has 0 fully saturated rings. The van der Waals surface area contributed by atoms with Crippen LogP contribution in [0.5, 0.6) is 0 Å². The Hall–Kier alpha value is -2.37. The molecule has 1 aliphatic rings. The van der Waals surface area contributed by atoms with E-state index in [0.717, 1.165) is 30.7 Å². The standard InChI is InChI=1S/C15H18N4O2/c20-14(16-10-12-6-2-1-3-7-12)11-19-15(21)18-9-5-4-8-13(18)17-19/h1-3,6-7H,4-5,8-11H2,(H,16,20). The molecule has 3 rings (SSSR count). The molecule has 0 saturated heterocycles. The number of fused-ring (bicyclic) bond motifs is 1. The minimum absolute atomic E-state index is 0.0222. The van der Waals surface area contributed by atoms with Crippen molar-refractivity contribution in [2.45, 2.75) is 38.9 Å². The second-order valence-corrected chi connectivity index (χ2v) is 5.23. The number of aryl methyl sites for hydroxylation is 1. The first-order valence-corrected chi connectivity index (χ1v) is 7.21. The number of nitrogens with zero attached hydrogens (tertiary/aromatic N) is 3. The molecule has 110 valence electrons. The maximum Gasteiger partial charge on any atom is 0.346 e. The Morgan fingerprint density at radius 3 is 2.81 bits per heavy atom. The Morgan fingerprint density at radius 1 is 1.24 bits per heavy atom. The summed E-state index contributed by atoms with van der Waals surface area (Å²) in [4.78, 5) is 24.0. The molecule has 2 heterocycles. The number of hydrogen-bond donors (Lipinski definition) is 1. The minimum Gasteiger partial charge on any atom is -0.350 e. The zero-order valence-corrected chi connectivity index (χ0v) is 11.8. The summed E-state index contributed by atoms with van der Waals surface area (Å²) in [5.74, 6) is 0.596. The van der Waals surface area contributed by atoms with Crippen molar-refractivity contribution in [1.29, 1.82) is 0 Å². The highest BCUT2D eigenvalue weighted by molar-refractivity contribution is 5.75. The summed E-state index contributed by atoms with van der Waals surface area (Å²) >= 11 is 0. The molecular formula is C15H18N4O2. The fraction of sp³-hybridized carbons (Fsp3) is 0.400. The SMILES string of the molecule is O=C(Cn1nc2n(c1=O)CCCC2)NCc1ccccc1. The van der Waals surface area contributed by atoms with Crippen molar-refractivity contribution in [2.75, 3.05) is 0 Å². The van der Waals surface area contributed by atoms with E-state index in [1.807, 2.05) is 30.3 Å². The van der Waals surface area contributed by atoms with E-state index >= 15 is 0 Å². The largest absolute Gasteiger partial charge is 0.350 e. The fourth-order valence-electron chi connectivity index (χ4n) is 2.54. The third-order valence-electron chi connectivity index (χ3n) is 3.66. The Morgan fingerprint density at radius 2 is 2.05 bits per heavy atom. The van der Waals surface area contributed by atoms with Crippen molar-refractivity contribution in [3.05, 3.63) is 52.2 Å². The van der Waals surface area contributed by atoms with Gasteiger partial charge >= 0.3 is 5.69 Å². The monoisotopic (exact) mass is 286 g/mol. The van der Waals surface area contributed by atoms with Crippen LogP contribution >= 0.6 is 0 Å². The summed E-state index contributed by atoms with van der Waals surface area (Å²) in [6, 6.07) is 9.68. The van der Waals surface area contributed by atoms with Crippen LogP contribution in [0.25, 0.3) is 0 Å². The van der Waals surface area contributed by atoms with Gasteiger partial charge in [-0.25, -0.2) is 9.48 Å². The molecular weight excluding hydrogens is 268 g/mol. The lowest BCUT2D eigenvalue weighted by Gasteiger charge is -2.09. The molecule has 1 aliphatic heterocycles. The van der Waals surface area contributed by atoms with E-state index in [4.69, 9.17) is 0 Å². The zero-order chi connectivity index (χ0) is 14.7. The topological polar surface area (TPSA) is 68.9 Å². The molecule has 1 amide bonds. The number of hydrogen-bond acceptors (Lipinski definition) is 3. The summed E-state index contributed by atoms with van der Waals surface area (Å²) < 4.78 is 2.94. The van der Waals surface area contributed by atoms with E-state index in [9.17, 15) is 9.59 Å². The van der Waals surface area contributed by atoms with Gasteiger partial charge in [0, 0.05) is 19.5 Å². The smallest absolute Gasteiger partial charge is 0.346 e. The molecule has 0 bridgehead atoms. The fourth-order valence-corrected chi connectivity index (χ4v) is 2.54. The molecule has 2 aromatic rings. The van der Waals surface area contributed by atoms with E-state index in [2.05, 4.69) is 10.4 Å². The van der Waals surface area contributed by atoms with Crippen molar-refractivity contribution < 1.29 is 4.79 Å². The maximum absolute atomic E-state index is 12.1. The number of carbonyl (C=O) groups is 1. The summed E-state index contributed by atoms with van der Waals surface area (Å²) in [5, 5.41) is 7.06. The Bertz CT molecular complexity index is 687. The van der Waals surface area contributed by atoms with E-state index in [1.165, 1.54) is 4.68 Å². The van der Waals surface area contributed by atoms with Gasteiger partial charge in [-0.05, 0) is 18.4 Å². The summed E-state index contributed by atoms with van der Waals surface area (Å²) in [6.45, 7) is 1.15. The molecule has 0 spiro atoms. The number of aromatic nitrogens is 3. The van der Waals surface area contributed by atoms with Gasteiger partial charge in [0.15, 0.2) is 0 Å². The summed E-state index contributed by atoms with van der Waals surface area (Å²) in [7, 11) is 0. The first-order chi connectivity index (χ1) is 10.2. The van der Waals surface area contributed by atoms with Crippen LogP contribution in [-0.4, -0.2) is 20.3 Å². The number of nitrogens with one attached hydrogen (secondary N) is 1. The predicted molar refractivity (Wildman–Crippen MR) is 77.7 cm³/mol. The van der Waals surface area contributed by atoms with Gasteiger partial charge in [-0.1, -0.05) is 30.3 Å². The van der Waals surface area contributed by atoms with Crippen molar-refractivity contribution in [3.63, 3.8) is 0 Å². The van der Waals surface area contributed by atoms with Gasteiger partial charge in [-0.3, -0.25) is 9.36 Å². The van der Waals surface area contributed by atoms with Crippen molar-refractivity contribution in [1.82, 2.24) is 19.7 Å². The van der Waals surface area contributed by atoms with Crippen LogP contribution < -0.4 is 11.0 Å². The molecule has 1 N–H and O–H groups in total. The molecule has 6 heteroatoms. The minimum atomic E-state index is -0.198. The number of carbonyl (C=O) groups excluding carboxylic acids is 1. The van der Waals surface area contributed by atoms with Gasteiger partial charge in [0.1, 0.15) is 12.4 Å². The molecule has 21 heavy (non-hydrogen) atoms. The molecule has 6 nitrogen and oxygen atoms in total. The molecule has 0 radical (unpaired) electrons. The first-order valence-electron chi connectivity index (χ1n) is 7.21. The van der Waals surface area contributed by atoms with Crippen LogP contribution in [0.1, 0.15) is 24.2 Å². The van der Waals surface area contributed by atoms with E-state index in [1.54, 1.807) is 4.57 Å². The predicted octanol–water partition coefficient (Wildman–Crippen LogP) is 0.697. The summed E-state index contributed by atoms with van der Waals surface area (Å²) in [5.41, 5.74) is 0.849. The lowest BCUT2D eigenvalue weighted by molar-refractivity contribution is -0.122.